The molecule has 0 heterocycles. The molecule has 2 rings (SSSR count). The minimum absolute atomic E-state index is 0.285. The number of nitrogens with zero attached hydrogens (tertiary/aromatic N) is 1. The lowest BCUT2D eigenvalue weighted by molar-refractivity contribution is -0.119. The van der Waals surface area contributed by atoms with E-state index in [1.807, 2.05) is 49.3 Å². The summed E-state index contributed by atoms with van der Waals surface area (Å²) >= 11 is 0. The van der Waals surface area contributed by atoms with E-state index in [4.69, 9.17) is 4.74 Å². The van der Waals surface area contributed by atoms with Crippen LogP contribution >= 0.6 is 0 Å². The van der Waals surface area contributed by atoms with Gasteiger partial charge in [-0.05, 0) is 35.7 Å². The third kappa shape index (κ3) is 5.08. The summed E-state index contributed by atoms with van der Waals surface area (Å²) in [4.78, 5) is 26.1. The number of anilines is 2. The van der Waals surface area contributed by atoms with Crippen molar-refractivity contribution in [2.24, 2.45) is 0 Å². The van der Waals surface area contributed by atoms with Gasteiger partial charge in [0, 0.05) is 25.5 Å². The van der Waals surface area contributed by atoms with Gasteiger partial charge in [-0.2, -0.15) is 0 Å². The number of ether oxygens (including phenoxy) is 1. The van der Waals surface area contributed by atoms with Crippen LogP contribution in [0.2, 0.25) is 0 Å². The zero-order valence-corrected chi connectivity index (χ0v) is 15.1. The van der Waals surface area contributed by atoms with E-state index < -0.39 is 5.97 Å². The quantitative estimate of drug-likeness (QED) is 0.815. The van der Waals surface area contributed by atoms with Gasteiger partial charge >= 0.3 is 5.97 Å². The first kappa shape index (κ1) is 18.5. The first-order valence-electron chi connectivity index (χ1n) is 8.21. The van der Waals surface area contributed by atoms with E-state index in [1.54, 1.807) is 18.2 Å². The molecule has 0 saturated carbocycles. The van der Waals surface area contributed by atoms with Crippen LogP contribution in [0.15, 0.2) is 48.5 Å². The summed E-state index contributed by atoms with van der Waals surface area (Å²) in [7, 11) is 3.79. The molecule has 2 aromatic carbocycles. The van der Waals surface area contributed by atoms with Crippen LogP contribution in [0.1, 0.15) is 35.7 Å². The molecule has 0 atom stereocenters. The highest BCUT2D eigenvalue weighted by Crippen LogP contribution is 2.23. The molecule has 2 aromatic rings. The van der Waals surface area contributed by atoms with Crippen LogP contribution in [-0.4, -0.2) is 32.6 Å². The summed E-state index contributed by atoms with van der Waals surface area (Å²) in [6.07, 6.45) is 0. The number of hydrogen-bond acceptors (Lipinski definition) is 4. The maximum absolute atomic E-state index is 12.1. The fourth-order valence-electron chi connectivity index (χ4n) is 2.43. The van der Waals surface area contributed by atoms with Crippen LogP contribution in [0.4, 0.5) is 11.4 Å². The number of rotatable bonds is 6. The second-order valence-electron chi connectivity index (χ2n) is 6.31. The maximum Gasteiger partial charge on any atom is 0.338 e. The van der Waals surface area contributed by atoms with Crippen molar-refractivity contribution in [3.63, 3.8) is 0 Å². The number of benzene rings is 2. The zero-order valence-electron chi connectivity index (χ0n) is 15.1. The Morgan fingerprint density at radius 2 is 1.80 bits per heavy atom. The van der Waals surface area contributed by atoms with Gasteiger partial charge in [0.05, 0.1) is 5.56 Å². The lowest BCUT2D eigenvalue weighted by Gasteiger charge is -2.14. The summed E-state index contributed by atoms with van der Waals surface area (Å²) in [5.41, 5.74) is 3.10. The molecule has 0 aliphatic heterocycles. The van der Waals surface area contributed by atoms with Crippen molar-refractivity contribution in [3.8, 4) is 0 Å². The summed E-state index contributed by atoms with van der Waals surface area (Å²) < 4.78 is 5.13. The summed E-state index contributed by atoms with van der Waals surface area (Å²) in [5, 5.41) is 2.80. The molecule has 0 radical (unpaired) electrons. The zero-order chi connectivity index (χ0) is 18.4. The number of carbonyl (C=O) groups excluding carboxylic acids is 2. The van der Waals surface area contributed by atoms with Gasteiger partial charge in [-0.3, -0.25) is 4.79 Å². The van der Waals surface area contributed by atoms with Crippen LogP contribution in [0.3, 0.4) is 0 Å². The van der Waals surface area contributed by atoms with Crippen LogP contribution in [0.25, 0.3) is 0 Å². The summed E-state index contributed by atoms with van der Waals surface area (Å²) in [5.74, 6) is -0.589. The van der Waals surface area contributed by atoms with Crippen LogP contribution in [0, 0.1) is 0 Å². The highest BCUT2D eigenvalue weighted by molar-refractivity contribution is 5.96. The lowest BCUT2D eigenvalue weighted by atomic mass is 10.0. The van der Waals surface area contributed by atoms with Gasteiger partial charge in [-0.15, -0.1) is 0 Å². The molecule has 0 aromatic heterocycles. The third-order valence-electron chi connectivity index (χ3n) is 3.79. The predicted molar refractivity (Wildman–Crippen MR) is 100 cm³/mol. The van der Waals surface area contributed by atoms with Gasteiger partial charge < -0.3 is 15.0 Å². The average molecular weight is 340 g/mol. The molecule has 132 valence electrons. The van der Waals surface area contributed by atoms with Crippen LogP contribution in [0.5, 0.6) is 0 Å². The standard InChI is InChI=1S/C20H24N2O3/c1-14(2)17-10-5-6-11-18(17)21-19(23)13-25-20(24)15-8-7-9-16(12-15)22(3)4/h5-12,14H,13H2,1-4H3,(H,21,23). The molecule has 5 heteroatoms. The normalized spacial score (nSPS) is 10.4. The van der Waals surface area contributed by atoms with E-state index in [0.29, 0.717) is 5.56 Å². The fourth-order valence-corrected chi connectivity index (χ4v) is 2.43. The monoisotopic (exact) mass is 340 g/mol. The molecular formula is C20H24N2O3. The Hall–Kier alpha value is -2.82. The number of nitrogens with one attached hydrogen (secondary N) is 1. The molecule has 0 unspecified atom stereocenters. The van der Waals surface area contributed by atoms with Crippen molar-refractivity contribution in [1.82, 2.24) is 0 Å². The number of amides is 1. The topological polar surface area (TPSA) is 58.6 Å². The smallest absolute Gasteiger partial charge is 0.338 e. The lowest BCUT2D eigenvalue weighted by Crippen LogP contribution is -2.21. The maximum atomic E-state index is 12.1. The van der Waals surface area contributed by atoms with E-state index in [2.05, 4.69) is 19.2 Å². The van der Waals surface area contributed by atoms with Crippen molar-refractivity contribution in [3.05, 3.63) is 59.7 Å². The van der Waals surface area contributed by atoms with E-state index in [-0.39, 0.29) is 18.4 Å². The fraction of sp³-hybridized carbons (Fsp3) is 0.300. The van der Waals surface area contributed by atoms with Gasteiger partial charge in [0.1, 0.15) is 0 Å². The first-order valence-corrected chi connectivity index (χ1v) is 8.21. The summed E-state index contributed by atoms with van der Waals surface area (Å²) in [6, 6.07) is 14.7. The Balaban J connectivity index is 1.96. The number of esters is 1. The predicted octanol–water partition coefficient (Wildman–Crippen LogP) is 3.67. The highest BCUT2D eigenvalue weighted by Gasteiger charge is 2.13. The van der Waals surface area contributed by atoms with Gasteiger partial charge in [0.2, 0.25) is 0 Å². The Bertz CT molecular complexity index is 754. The first-order chi connectivity index (χ1) is 11.9. The van der Waals surface area contributed by atoms with Gasteiger partial charge in [0.15, 0.2) is 6.61 Å². The second-order valence-corrected chi connectivity index (χ2v) is 6.31. The van der Waals surface area contributed by atoms with Gasteiger partial charge in [0.25, 0.3) is 5.91 Å². The molecule has 1 N–H and O–H groups in total. The molecule has 0 spiro atoms. The Morgan fingerprint density at radius 3 is 2.48 bits per heavy atom. The van der Waals surface area contributed by atoms with E-state index in [0.717, 1.165) is 16.9 Å². The average Bonchev–Trinajstić information content (AvgIpc) is 2.60. The van der Waals surface area contributed by atoms with Crippen molar-refractivity contribution in [2.45, 2.75) is 19.8 Å². The molecule has 0 bridgehead atoms. The highest BCUT2D eigenvalue weighted by atomic mass is 16.5. The minimum atomic E-state index is -0.518. The molecule has 0 aliphatic carbocycles. The van der Waals surface area contributed by atoms with E-state index in [9.17, 15) is 9.59 Å². The number of carbonyl (C=O) groups is 2. The van der Waals surface area contributed by atoms with Gasteiger partial charge in [-0.25, -0.2) is 4.79 Å². The molecular weight excluding hydrogens is 316 g/mol. The number of hydrogen-bond donors (Lipinski definition) is 1. The molecule has 0 saturated heterocycles. The minimum Gasteiger partial charge on any atom is -0.452 e. The Morgan fingerprint density at radius 1 is 1.08 bits per heavy atom. The Labute approximate surface area is 148 Å². The summed E-state index contributed by atoms with van der Waals surface area (Å²) in [6.45, 7) is 3.79. The largest absolute Gasteiger partial charge is 0.452 e. The molecule has 1 amide bonds. The van der Waals surface area contributed by atoms with E-state index >= 15 is 0 Å². The van der Waals surface area contributed by atoms with Gasteiger partial charge in [-0.1, -0.05) is 38.1 Å². The Kier molecular flexibility index (Phi) is 6.17. The molecule has 0 fully saturated rings. The van der Waals surface area contributed by atoms with Crippen molar-refractivity contribution in [1.29, 1.82) is 0 Å². The van der Waals surface area contributed by atoms with E-state index in [1.165, 1.54) is 0 Å². The van der Waals surface area contributed by atoms with Crippen molar-refractivity contribution < 1.29 is 14.3 Å². The second kappa shape index (κ2) is 8.33. The molecule has 5 nitrogen and oxygen atoms in total. The van der Waals surface area contributed by atoms with Crippen molar-refractivity contribution in [2.75, 3.05) is 30.9 Å². The van der Waals surface area contributed by atoms with Crippen LogP contribution < -0.4 is 10.2 Å². The van der Waals surface area contributed by atoms with Crippen LogP contribution in [-0.2, 0) is 9.53 Å². The molecule has 25 heavy (non-hydrogen) atoms. The molecule has 0 aliphatic rings. The SMILES string of the molecule is CC(C)c1ccccc1NC(=O)COC(=O)c1cccc(N(C)C)c1. The third-order valence-corrected chi connectivity index (χ3v) is 3.79. The van der Waals surface area contributed by atoms with Crippen molar-refractivity contribution >= 4 is 23.3 Å². The number of para-hydroxylation sites is 1.